The average Bonchev–Trinajstić information content (AvgIpc) is 2.72. The van der Waals surface area contributed by atoms with Crippen LogP contribution in [0.15, 0.2) is 36.4 Å². The summed E-state index contributed by atoms with van der Waals surface area (Å²) in [6, 6.07) is 8.43. The van der Waals surface area contributed by atoms with Gasteiger partial charge in [-0.2, -0.15) is 0 Å². The van der Waals surface area contributed by atoms with Crippen LogP contribution in [0.4, 0.5) is 20.2 Å². The van der Waals surface area contributed by atoms with Crippen LogP contribution in [0.3, 0.4) is 0 Å². The van der Waals surface area contributed by atoms with Crippen LogP contribution in [0.2, 0.25) is 0 Å². The van der Waals surface area contributed by atoms with Crippen LogP contribution in [0.1, 0.15) is 35.2 Å². The van der Waals surface area contributed by atoms with E-state index < -0.39 is 11.6 Å². The maximum atomic E-state index is 13.9. The van der Waals surface area contributed by atoms with Crippen LogP contribution >= 0.6 is 0 Å². The molecule has 1 saturated heterocycles. The normalized spacial score (nSPS) is 16.5. The van der Waals surface area contributed by atoms with Crippen molar-refractivity contribution in [3.63, 3.8) is 0 Å². The number of morpholine rings is 1. The summed E-state index contributed by atoms with van der Waals surface area (Å²) in [5.74, 6) is -1.69. The number of ether oxygens (including phenoxy) is 1. The number of nitrogens with one attached hydrogen (secondary N) is 2. The highest BCUT2D eigenvalue weighted by molar-refractivity contribution is 6.01. The highest BCUT2D eigenvalue weighted by Crippen LogP contribution is 2.30. The number of anilines is 2. The zero-order chi connectivity index (χ0) is 21.8. The van der Waals surface area contributed by atoms with Crippen molar-refractivity contribution in [2.45, 2.75) is 25.8 Å². The molecule has 0 aromatic heterocycles. The first-order valence-electron chi connectivity index (χ1n) is 10.5. The van der Waals surface area contributed by atoms with Crippen molar-refractivity contribution in [3.05, 3.63) is 59.2 Å². The molecule has 0 spiro atoms. The second-order valence-electron chi connectivity index (χ2n) is 7.87. The smallest absolute Gasteiger partial charge is 0.253 e. The molecule has 2 amide bonds. The van der Waals surface area contributed by atoms with Crippen LogP contribution < -0.4 is 15.5 Å². The van der Waals surface area contributed by atoms with Crippen LogP contribution in [-0.2, 0) is 16.1 Å². The molecule has 1 saturated carbocycles. The number of amides is 2. The van der Waals surface area contributed by atoms with E-state index in [-0.39, 0.29) is 29.8 Å². The first-order chi connectivity index (χ1) is 15.0. The number of hydrogen-bond donors (Lipinski definition) is 2. The lowest BCUT2D eigenvalue weighted by Crippen LogP contribution is -2.38. The van der Waals surface area contributed by atoms with Gasteiger partial charge in [0.1, 0.15) is 11.6 Å². The molecule has 1 heterocycles. The minimum atomic E-state index is -0.706. The fourth-order valence-electron chi connectivity index (χ4n) is 3.72. The summed E-state index contributed by atoms with van der Waals surface area (Å²) in [4.78, 5) is 27.3. The third-order valence-corrected chi connectivity index (χ3v) is 5.79. The summed E-state index contributed by atoms with van der Waals surface area (Å²) in [5.41, 5.74) is 1.95. The van der Waals surface area contributed by atoms with E-state index in [0.29, 0.717) is 43.2 Å². The first-order valence-corrected chi connectivity index (χ1v) is 10.5. The number of nitrogens with zero attached hydrogens (tertiary/aromatic N) is 1. The number of carbonyl (C=O) groups is 2. The molecule has 0 radical (unpaired) electrons. The molecule has 1 aliphatic heterocycles. The Bertz CT molecular complexity index is 973. The minimum absolute atomic E-state index is 0.00293. The van der Waals surface area contributed by atoms with E-state index in [9.17, 15) is 18.4 Å². The van der Waals surface area contributed by atoms with Gasteiger partial charge in [0.25, 0.3) is 5.91 Å². The van der Waals surface area contributed by atoms with Crippen molar-refractivity contribution in [3.8, 4) is 0 Å². The van der Waals surface area contributed by atoms with Crippen LogP contribution in [0, 0.1) is 17.6 Å². The molecule has 6 nitrogen and oxygen atoms in total. The van der Waals surface area contributed by atoms with Crippen LogP contribution in [-0.4, -0.2) is 38.1 Å². The predicted molar refractivity (Wildman–Crippen MR) is 113 cm³/mol. The summed E-state index contributed by atoms with van der Waals surface area (Å²) in [5, 5.41) is 5.65. The van der Waals surface area contributed by atoms with Crippen molar-refractivity contribution in [1.82, 2.24) is 5.32 Å². The number of halogens is 2. The SMILES string of the molecule is O=C(NCc1ccc(F)cc1F)c1ccc(NC(=O)C2CCC2)cc1N1CCOCC1. The standard InChI is InChI=1S/C23H25F2N3O3/c24-17-5-4-16(20(25)12-17)14-26-23(30)19-7-6-18(27-22(29)15-2-1-3-15)13-21(19)28-8-10-31-11-9-28/h4-7,12-13,15H,1-3,8-11,14H2,(H,26,30)(H,27,29). The highest BCUT2D eigenvalue weighted by Gasteiger charge is 2.26. The van der Waals surface area contributed by atoms with Gasteiger partial charge in [-0.1, -0.05) is 12.5 Å². The van der Waals surface area contributed by atoms with Crippen LogP contribution in [0.25, 0.3) is 0 Å². The number of rotatable bonds is 6. The van der Waals surface area contributed by atoms with Crippen molar-refractivity contribution < 1.29 is 23.1 Å². The zero-order valence-corrected chi connectivity index (χ0v) is 17.1. The van der Waals surface area contributed by atoms with E-state index in [1.54, 1.807) is 18.2 Å². The van der Waals surface area contributed by atoms with Gasteiger partial charge in [-0.05, 0) is 37.1 Å². The summed E-state index contributed by atoms with van der Waals surface area (Å²) < 4.78 is 32.4. The lowest BCUT2D eigenvalue weighted by Gasteiger charge is -2.31. The predicted octanol–water partition coefficient (Wildman–Crippen LogP) is 3.47. The lowest BCUT2D eigenvalue weighted by atomic mass is 9.85. The average molecular weight is 429 g/mol. The van der Waals surface area contributed by atoms with Gasteiger partial charge >= 0.3 is 0 Å². The van der Waals surface area contributed by atoms with E-state index in [2.05, 4.69) is 10.6 Å². The summed E-state index contributed by atoms with van der Waals surface area (Å²) in [6.07, 6.45) is 2.88. The fourth-order valence-corrected chi connectivity index (χ4v) is 3.72. The Morgan fingerprint density at radius 3 is 2.52 bits per heavy atom. The third-order valence-electron chi connectivity index (χ3n) is 5.79. The van der Waals surface area contributed by atoms with Gasteiger partial charge in [0.15, 0.2) is 0 Å². The molecule has 8 heteroatoms. The molecule has 164 valence electrons. The van der Waals surface area contributed by atoms with E-state index in [1.165, 1.54) is 6.07 Å². The van der Waals surface area contributed by atoms with Gasteiger partial charge in [-0.3, -0.25) is 9.59 Å². The summed E-state index contributed by atoms with van der Waals surface area (Å²) >= 11 is 0. The molecule has 4 rings (SSSR count). The largest absolute Gasteiger partial charge is 0.378 e. The Kier molecular flexibility index (Phi) is 6.46. The third kappa shape index (κ3) is 5.02. The van der Waals surface area contributed by atoms with Crippen molar-refractivity contribution in [2.24, 2.45) is 5.92 Å². The number of hydrogen-bond acceptors (Lipinski definition) is 4. The lowest BCUT2D eigenvalue weighted by molar-refractivity contribution is -0.122. The molecule has 2 N–H and O–H groups in total. The topological polar surface area (TPSA) is 70.7 Å². The van der Waals surface area contributed by atoms with Gasteiger partial charge in [-0.15, -0.1) is 0 Å². The number of benzene rings is 2. The summed E-state index contributed by atoms with van der Waals surface area (Å²) in [7, 11) is 0. The Morgan fingerprint density at radius 2 is 1.84 bits per heavy atom. The Hall–Kier alpha value is -3.00. The maximum absolute atomic E-state index is 13.9. The Morgan fingerprint density at radius 1 is 1.06 bits per heavy atom. The van der Waals surface area contributed by atoms with Gasteiger partial charge in [0, 0.05) is 42.9 Å². The monoisotopic (exact) mass is 429 g/mol. The highest BCUT2D eigenvalue weighted by atomic mass is 19.1. The zero-order valence-electron chi connectivity index (χ0n) is 17.1. The molecule has 1 aliphatic carbocycles. The molecule has 2 aromatic rings. The molecular weight excluding hydrogens is 404 g/mol. The molecule has 0 atom stereocenters. The van der Waals surface area contributed by atoms with E-state index in [4.69, 9.17) is 4.74 Å². The molecule has 0 unspecified atom stereocenters. The molecule has 0 bridgehead atoms. The van der Waals surface area contributed by atoms with Gasteiger partial charge in [0.05, 0.1) is 24.5 Å². The second-order valence-corrected chi connectivity index (χ2v) is 7.87. The minimum Gasteiger partial charge on any atom is -0.378 e. The van der Waals surface area contributed by atoms with E-state index >= 15 is 0 Å². The quantitative estimate of drug-likeness (QED) is 0.738. The van der Waals surface area contributed by atoms with Crippen molar-refractivity contribution >= 4 is 23.2 Å². The van der Waals surface area contributed by atoms with Crippen molar-refractivity contribution in [2.75, 3.05) is 36.5 Å². The maximum Gasteiger partial charge on any atom is 0.253 e. The van der Waals surface area contributed by atoms with Gasteiger partial charge < -0.3 is 20.3 Å². The van der Waals surface area contributed by atoms with Gasteiger partial charge in [-0.25, -0.2) is 8.78 Å². The fraction of sp³-hybridized carbons (Fsp3) is 0.391. The van der Waals surface area contributed by atoms with Crippen molar-refractivity contribution in [1.29, 1.82) is 0 Å². The molecule has 31 heavy (non-hydrogen) atoms. The van der Waals surface area contributed by atoms with Crippen LogP contribution in [0.5, 0.6) is 0 Å². The Labute approximate surface area is 179 Å². The van der Waals surface area contributed by atoms with E-state index in [1.807, 2.05) is 4.90 Å². The molecule has 2 aliphatic rings. The van der Waals surface area contributed by atoms with E-state index in [0.717, 1.165) is 31.4 Å². The number of carbonyl (C=O) groups excluding carboxylic acids is 2. The Balaban J connectivity index is 1.52. The summed E-state index contributed by atoms with van der Waals surface area (Å²) in [6.45, 7) is 2.26. The van der Waals surface area contributed by atoms with Gasteiger partial charge in [0.2, 0.25) is 5.91 Å². The molecular formula is C23H25F2N3O3. The molecule has 2 fully saturated rings. The first kappa shape index (κ1) is 21.2. The molecule has 2 aromatic carbocycles. The second kappa shape index (κ2) is 9.43.